The van der Waals surface area contributed by atoms with E-state index in [0.717, 1.165) is 19.6 Å². The molecule has 0 saturated heterocycles. The molecule has 1 unspecified atom stereocenters. The number of hydrogen-bond donors (Lipinski definition) is 2. The SMILES string of the molecule is CC(CN)CNCc1ccc(C(C)C)cc1. The minimum atomic E-state index is 0.551. The topological polar surface area (TPSA) is 38.0 Å². The van der Waals surface area contributed by atoms with Crippen molar-refractivity contribution in [2.45, 2.75) is 33.2 Å². The minimum absolute atomic E-state index is 0.551. The van der Waals surface area contributed by atoms with Crippen LogP contribution in [0.1, 0.15) is 37.8 Å². The van der Waals surface area contributed by atoms with E-state index in [0.29, 0.717) is 11.8 Å². The molecule has 16 heavy (non-hydrogen) atoms. The van der Waals surface area contributed by atoms with Gasteiger partial charge in [-0.1, -0.05) is 45.0 Å². The zero-order chi connectivity index (χ0) is 12.0. The Morgan fingerprint density at radius 3 is 2.25 bits per heavy atom. The van der Waals surface area contributed by atoms with Crippen LogP contribution in [0.3, 0.4) is 0 Å². The first-order valence-corrected chi connectivity index (χ1v) is 6.13. The van der Waals surface area contributed by atoms with Crippen molar-refractivity contribution in [3.05, 3.63) is 35.4 Å². The predicted octanol–water partition coefficient (Wildman–Crippen LogP) is 2.49. The van der Waals surface area contributed by atoms with Crippen molar-refractivity contribution in [3.8, 4) is 0 Å². The zero-order valence-electron chi connectivity index (χ0n) is 10.7. The summed E-state index contributed by atoms with van der Waals surface area (Å²) in [6.07, 6.45) is 0. The third kappa shape index (κ3) is 4.33. The molecule has 0 heterocycles. The monoisotopic (exact) mass is 220 g/mol. The molecular weight excluding hydrogens is 196 g/mol. The highest BCUT2D eigenvalue weighted by Crippen LogP contribution is 2.14. The summed E-state index contributed by atoms with van der Waals surface area (Å²) < 4.78 is 0. The quantitative estimate of drug-likeness (QED) is 0.773. The fraction of sp³-hybridized carbons (Fsp3) is 0.571. The molecule has 90 valence electrons. The highest BCUT2D eigenvalue weighted by atomic mass is 14.9. The van der Waals surface area contributed by atoms with Gasteiger partial charge in [0.2, 0.25) is 0 Å². The van der Waals surface area contributed by atoms with Gasteiger partial charge >= 0.3 is 0 Å². The van der Waals surface area contributed by atoms with E-state index in [-0.39, 0.29) is 0 Å². The molecular formula is C14H24N2. The van der Waals surface area contributed by atoms with Gasteiger partial charge in [-0.15, -0.1) is 0 Å². The summed E-state index contributed by atoms with van der Waals surface area (Å²) in [4.78, 5) is 0. The predicted molar refractivity (Wildman–Crippen MR) is 70.5 cm³/mol. The average molecular weight is 220 g/mol. The van der Waals surface area contributed by atoms with Gasteiger partial charge < -0.3 is 11.1 Å². The Labute approximate surface area is 99.2 Å². The lowest BCUT2D eigenvalue weighted by Crippen LogP contribution is -2.25. The van der Waals surface area contributed by atoms with E-state index < -0.39 is 0 Å². The summed E-state index contributed by atoms with van der Waals surface area (Å²) in [6.45, 7) is 9.27. The van der Waals surface area contributed by atoms with E-state index in [2.05, 4.69) is 50.4 Å². The van der Waals surface area contributed by atoms with Crippen LogP contribution in [0.5, 0.6) is 0 Å². The second-order valence-electron chi connectivity index (χ2n) is 4.87. The van der Waals surface area contributed by atoms with Crippen LogP contribution in [-0.2, 0) is 6.54 Å². The van der Waals surface area contributed by atoms with Crippen LogP contribution < -0.4 is 11.1 Å². The van der Waals surface area contributed by atoms with Crippen LogP contribution >= 0.6 is 0 Å². The molecule has 3 N–H and O–H groups in total. The van der Waals surface area contributed by atoms with Crippen molar-refractivity contribution >= 4 is 0 Å². The largest absolute Gasteiger partial charge is 0.330 e. The van der Waals surface area contributed by atoms with E-state index in [1.54, 1.807) is 0 Å². The highest BCUT2D eigenvalue weighted by Gasteiger charge is 2.00. The van der Waals surface area contributed by atoms with E-state index in [1.807, 2.05) is 0 Å². The van der Waals surface area contributed by atoms with Gasteiger partial charge in [0.25, 0.3) is 0 Å². The number of hydrogen-bond acceptors (Lipinski definition) is 2. The van der Waals surface area contributed by atoms with Crippen molar-refractivity contribution in [2.75, 3.05) is 13.1 Å². The molecule has 1 aromatic carbocycles. The maximum atomic E-state index is 5.56. The normalized spacial score (nSPS) is 13.1. The molecule has 1 aromatic rings. The molecule has 2 nitrogen and oxygen atoms in total. The standard InChI is InChI=1S/C14H24N2/c1-11(2)14-6-4-13(5-7-14)10-16-9-12(3)8-15/h4-7,11-12,16H,8-10,15H2,1-3H3. The first kappa shape index (κ1) is 13.2. The van der Waals surface area contributed by atoms with Gasteiger partial charge in [-0.2, -0.15) is 0 Å². The van der Waals surface area contributed by atoms with Crippen molar-refractivity contribution in [3.63, 3.8) is 0 Å². The summed E-state index contributed by atoms with van der Waals surface area (Å²) in [5.74, 6) is 1.16. The third-order valence-electron chi connectivity index (χ3n) is 2.87. The van der Waals surface area contributed by atoms with E-state index in [1.165, 1.54) is 11.1 Å². The zero-order valence-corrected chi connectivity index (χ0v) is 10.7. The molecule has 0 amide bonds. The van der Waals surface area contributed by atoms with E-state index >= 15 is 0 Å². The molecule has 0 saturated carbocycles. The third-order valence-corrected chi connectivity index (χ3v) is 2.87. The molecule has 1 atom stereocenters. The summed E-state index contributed by atoms with van der Waals surface area (Å²) in [6, 6.07) is 8.84. The summed E-state index contributed by atoms with van der Waals surface area (Å²) in [5, 5.41) is 3.42. The highest BCUT2D eigenvalue weighted by molar-refractivity contribution is 5.24. The fourth-order valence-corrected chi connectivity index (χ4v) is 1.57. The lowest BCUT2D eigenvalue weighted by Gasteiger charge is -2.11. The van der Waals surface area contributed by atoms with Crippen molar-refractivity contribution in [1.29, 1.82) is 0 Å². The van der Waals surface area contributed by atoms with Crippen LogP contribution in [0.4, 0.5) is 0 Å². The Balaban J connectivity index is 2.38. The second kappa shape index (κ2) is 6.66. The summed E-state index contributed by atoms with van der Waals surface area (Å²) in [5.41, 5.74) is 8.31. The van der Waals surface area contributed by atoms with E-state index in [4.69, 9.17) is 5.73 Å². The molecule has 0 aromatic heterocycles. The van der Waals surface area contributed by atoms with Gasteiger partial charge in [-0.3, -0.25) is 0 Å². The first-order valence-electron chi connectivity index (χ1n) is 6.13. The molecule has 0 fully saturated rings. The van der Waals surface area contributed by atoms with E-state index in [9.17, 15) is 0 Å². The van der Waals surface area contributed by atoms with Crippen LogP contribution in [0.15, 0.2) is 24.3 Å². The van der Waals surface area contributed by atoms with Crippen LogP contribution in [0.25, 0.3) is 0 Å². The fourth-order valence-electron chi connectivity index (χ4n) is 1.57. The molecule has 0 bridgehead atoms. The molecule has 0 spiro atoms. The molecule has 2 heteroatoms. The van der Waals surface area contributed by atoms with Gasteiger partial charge in [-0.25, -0.2) is 0 Å². The Hall–Kier alpha value is -0.860. The van der Waals surface area contributed by atoms with Crippen molar-refractivity contribution in [1.82, 2.24) is 5.32 Å². The first-order chi connectivity index (χ1) is 7.63. The lowest BCUT2D eigenvalue weighted by molar-refractivity contribution is 0.522. The Morgan fingerprint density at radius 1 is 1.12 bits per heavy atom. The van der Waals surface area contributed by atoms with Gasteiger partial charge in [0, 0.05) is 6.54 Å². The number of benzene rings is 1. The minimum Gasteiger partial charge on any atom is -0.330 e. The average Bonchev–Trinajstić information content (AvgIpc) is 2.29. The van der Waals surface area contributed by atoms with Gasteiger partial charge in [0.15, 0.2) is 0 Å². The van der Waals surface area contributed by atoms with Crippen molar-refractivity contribution in [2.24, 2.45) is 11.7 Å². The van der Waals surface area contributed by atoms with Crippen LogP contribution in [0, 0.1) is 5.92 Å². The van der Waals surface area contributed by atoms with Gasteiger partial charge in [0.1, 0.15) is 0 Å². The molecule has 0 aliphatic rings. The Morgan fingerprint density at radius 2 is 1.75 bits per heavy atom. The summed E-state index contributed by atoms with van der Waals surface area (Å²) in [7, 11) is 0. The Bertz CT molecular complexity index is 290. The smallest absolute Gasteiger partial charge is 0.0205 e. The van der Waals surface area contributed by atoms with Gasteiger partial charge in [0.05, 0.1) is 0 Å². The maximum absolute atomic E-state index is 5.56. The summed E-state index contributed by atoms with van der Waals surface area (Å²) >= 11 is 0. The molecule has 0 radical (unpaired) electrons. The van der Waals surface area contributed by atoms with Gasteiger partial charge in [-0.05, 0) is 36.1 Å². The molecule has 1 rings (SSSR count). The number of nitrogens with two attached hydrogens (primary N) is 1. The number of nitrogens with one attached hydrogen (secondary N) is 1. The van der Waals surface area contributed by atoms with Crippen molar-refractivity contribution < 1.29 is 0 Å². The molecule has 0 aliphatic heterocycles. The van der Waals surface area contributed by atoms with Crippen LogP contribution in [0.2, 0.25) is 0 Å². The maximum Gasteiger partial charge on any atom is 0.0205 e. The number of rotatable bonds is 6. The van der Waals surface area contributed by atoms with Crippen LogP contribution in [-0.4, -0.2) is 13.1 Å². The Kier molecular flexibility index (Phi) is 5.50. The second-order valence-corrected chi connectivity index (χ2v) is 4.87. The molecule has 0 aliphatic carbocycles. The lowest BCUT2D eigenvalue weighted by atomic mass is 10.0.